The number of nitrogens with zero attached hydrogens (tertiary/aromatic N) is 5. The van der Waals surface area contributed by atoms with Crippen molar-refractivity contribution in [1.82, 2.24) is 40.6 Å². The van der Waals surface area contributed by atoms with Crippen LogP contribution in [0, 0.1) is 0 Å². The molecule has 0 saturated carbocycles. The molecular formula is C57H70N10O11. The van der Waals surface area contributed by atoms with Crippen molar-refractivity contribution in [1.29, 1.82) is 0 Å². The van der Waals surface area contributed by atoms with Crippen LogP contribution >= 0.6 is 0 Å². The predicted molar refractivity (Wildman–Crippen MR) is 288 cm³/mol. The smallest absolute Gasteiger partial charge is 0.410 e. The molecule has 1 unspecified atom stereocenters. The quantitative estimate of drug-likeness (QED) is 0.0278. The summed E-state index contributed by atoms with van der Waals surface area (Å²) in [6.45, 7) is 9.87. The van der Waals surface area contributed by atoms with Crippen molar-refractivity contribution >= 4 is 47.0 Å². The monoisotopic (exact) mass is 1070 g/mol. The highest BCUT2D eigenvalue weighted by atomic mass is 16.6. The zero-order valence-corrected chi connectivity index (χ0v) is 44.6. The highest BCUT2D eigenvalue weighted by Gasteiger charge is 2.42. The summed E-state index contributed by atoms with van der Waals surface area (Å²) in [6.07, 6.45) is 8.40. The number of aromatic amines is 1. The van der Waals surface area contributed by atoms with Crippen LogP contribution in [0.3, 0.4) is 0 Å². The Morgan fingerprint density at radius 1 is 0.808 bits per heavy atom. The fraction of sp³-hybridized carbons (Fsp3) is 0.456. The third-order valence-electron chi connectivity index (χ3n) is 13.5. The molecule has 8 rings (SSSR count). The molecule has 2 aromatic heterocycles. The molecule has 0 spiro atoms. The van der Waals surface area contributed by atoms with Crippen LogP contribution in [0.2, 0.25) is 0 Å². The Labute approximate surface area is 453 Å². The average molecular weight is 1070 g/mol. The maximum atomic E-state index is 13.5. The lowest BCUT2D eigenvalue weighted by Crippen LogP contribution is -2.52. The van der Waals surface area contributed by atoms with Gasteiger partial charge in [-0.05, 0) is 119 Å². The van der Waals surface area contributed by atoms with Crippen molar-refractivity contribution in [3.05, 3.63) is 119 Å². The number of amides is 6. The Bertz CT molecular complexity index is 2870. The summed E-state index contributed by atoms with van der Waals surface area (Å²) in [7, 11) is 0. The second-order valence-electron chi connectivity index (χ2n) is 20.5. The van der Waals surface area contributed by atoms with Gasteiger partial charge in [-0.2, -0.15) is 5.10 Å². The topological polar surface area (TPSA) is 258 Å². The van der Waals surface area contributed by atoms with Gasteiger partial charge in [0.2, 0.25) is 17.7 Å². The molecule has 2 fully saturated rings. The van der Waals surface area contributed by atoms with Gasteiger partial charge in [0, 0.05) is 85.2 Å². The van der Waals surface area contributed by atoms with Gasteiger partial charge in [-0.1, -0.05) is 30.7 Å². The minimum atomic E-state index is -0.731. The number of benzene rings is 3. The number of aromatic nitrogens is 4. The molecule has 5 aromatic rings. The molecule has 0 radical (unpaired) electrons. The molecule has 0 bridgehead atoms. The zero-order chi connectivity index (χ0) is 54.9. The molecule has 5 N–H and O–H groups in total. The van der Waals surface area contributed by atoms with E-state index in [4.69, 9.17) is 28.7 Å². The van der Waals surface area contributed by atoms with Crippen LogP contribution in [0.15, 0.2) is 91.3 Å². The van der Waals surface area contributed by atoms with E-state index in [1.807, 2.05) is 75.4 Å². The Morgan fingerprint density at radius 3 is 2.28 bits per heavy atom. The van der Waals surface area contributed by atoms with Crippen LogP contribution in [0.4, 0.5) is 16.2 Å². The number of nitrogens with one attached hydrogen (secondary N) is 5. The van der Waals surface area contributed by atoms with Gasteiger partial charge < -0.3 is 49.4 Å². The predicted octanol–water partition coefficient (Wildman–Crippen LogP) is 6.91. The third kappa shape index (κ3) is 15.7. The first-order chi connectivity index (χ1) is 37.7. The maximum Gasteiger partial charge on any atom is 0.410 e. The van der Waals surface area contributed by atoms with Crippen molar-refractivity contribution in [3.8, 4) is 17.1 Å². The van der Waals surface area contributed by atoms with Crippen molar-refractivity contribution in [2.24, 2.45) is 0 Å². The molecule has 0 aliphatic carbocycles. The van der Waals surface area contributed by atoms with Gasteiger partial charge in [0.1, 0.15) is 22.9 Å². The first-order valence-corrected chi connectivity index (χ1v) is 26.7. The highest BCUT2D eigenvalue weighted by Crippen LogP contribution is 2.37. The van der Waals surface area contributed by atoms with Crippen LogP contribution in [-0.2, 0) is 52.0 Å². The fourth-order valence-electron chi connectivity index (χ4n) is 9.44. The number of hydrogen-bond acceptors (Lipinski definition) is 15. The number of carbonyl (C=O) groups is 6. The number of pyridine rings is 1. The van der Waals surface area contributed by atoms with Crippen LogP contribution < -0.4 is 26.0 Å². The summed E-state index contributed by atoms with van der Waals surface area (Å²) in [5.41, 5.74) is 3.19. The van der Waals surface area contributed by atoms with E-state index in [1.165, 1.54) is 4.90 Å². The van der Waals surface area contributed by atoms with Gasteiger partial charge in [-0.15, -0.1) is 0 Å². The third-order valence-corrected chi connectivity index (χ3v) is 13.5. The summed E-state index contributed by atoms with van der Waals surface area (Å²) in [5, 5.41) is 19.6. The van der Waals surface area contributed by atoms with Crippen molar-refractivity contribution in [3.63, 3.8) is 0 Å². The zero-order valence-electron chi connectivity index (χ0n) is 44.6. The normalized spacial score (nSPS) is 16.1. The summed E-state index contributed by atoms with van der Waals surface area (Å²) >= 11 is 0. The van der Waals surface area contributed by atoms with E-state index in [0.717, 1.165) is 48.2 Å². The van der Waals surface area contributed by atoms with Gasteiger partial charge in [-0.25, -0.2) is 9.78 Å². The van der Waals surface area contributed by atoms with Crippen molar-refractivity contribution in [2.45, 2.75) is 109 Å². The Hall–Kier alpha value is -7.75. The van der Waals surface area contributed by atoms with Crippen LogP contribution in [0.25, 0.3) is 11.4 Å². The number of piperidine rings is 2. The number of ether oxygens (including phenoxy) is 5. The van der Waals surface area contributed by atoms with Crippen LogP contribution in [-0.4, -0.2) is 137 Å². The van der Waals surface area contributed by atoms with E-state index < -0.39 is 23.1 Å². The van der Waals surface area contributed by atoms with Gasteiger partial charge in [-0.3, -0.25) is 39.4 Å². The molecular weight excluding hydrogens is 1000 g/mol. The number of likely N-dealkylation sites (tertiary alicyclic amines) is 1. The maximum absolute atomic E-state index is 13.5. The van der Waals surface area contributed by atoms with Gasteiger partial charge in [0.05, 0.1) is 46.1 Å². The van der Waals surface area contributed by atoms with E-state index in [9.17, 15) is 28.8 Å². The molecule has 21 heteroatoms. The van der Waals surface area contributed by atoms with Gasteiger partial charge >= 0.3 is 6.09 Å². The van der Waals surface area contributed by atoms with Gasteiger partial charge in [0.25, 0.3) is 11.8 Å². The van der Waals surface area contributed by atoms with E-state index in [1.54, 1.807) is 41.6 Å². The standard InChI is InChI=1S/C57H70N10O11/c1-56(2,3)78-55(73)66-26-22-57(23-27-66,54-62-50(64-65-54)40-19-24-58-25-20-40)63-42-13-9-12-41(36-42)51(70)59-37-39-11-8-14-43(35-39)77-29-7-5-4-6-28-74-31-33-76-34-32-75-30-21-49(69)60-46-16-10-15-44-45(46)38-67(53(44)72)47-17-18-48(68)61-52(47)71/h8-16,19-20,24-25,35-36,47,63H,4-7,17-18,21-23,26-34,37-38H2,1-3H3,(H,59,70)(H,60,69)(H,61,68,71)(H,62,64,65). The number of unbranched alkanes of at least 4 members (excludes halogenated alkanes) is 3. The minimum Gasteiger partial charge on any atom is -0.494 e. The molecule has 5 heterocycles. The molecule has 2 saturated heterocycles. The van der Waals surface area contributed by atoms with Crippen molar-refractivity contribution < 1.29 is 52.5 Å². The molecule has 1 atom stereocenters. The molecule has 3 aliphatic heterocycles. The second kappa shape index (κ2) is 27.0. The van der Waals surface area contributed by atoms with Gasteiger partial charge in [0.15, 0.2) is 11.6 Å². The Balaban J connectivity index is 0.667. The average Bonchev–Trinajstić information content (AvgIpc) is 4.11. The molecule has 414 valence electrons. The minimum absolute atomic E-state index is 0.114. The molecule has 3 aromatic carbocycles. The summed E-state index contributed by atoms with van der Waals surface area (Å²) in [6, 6.07) is 23.1. The summed E-state index contributed by atoms with van der Waals surface area (Å²) < 4.78 is 28.6. The molecule has 6 amide bonds. The molecule has 3 aliphatic rings. The van der Waals surface area contributed by atoms with Crippen LogP contribution in [0.1, 0.15) is 116 Å². The fourth-order valence-corrected chi connectivity index (χ4v) is 9.44. The number of hydrogen-bond donors (Lipinski definition) is 5. The van der Waals surface area contributed by atoms with E-state index in [-0.39, 0.29) is 62.1 Å². The summed E-state index contributed by atoms with van der Waals surface area (Å²) in [4.78, 5) is 88.5. The highest BCUT2D eigenvalue weighted by molar-refractivity contribution is 6.07. The number of fused-ring (bicyclic) bond motifs is 1. The summed E-state index contributed by atoms with van der Waals surface area (Å²) in [5.74, 6) is 0.277. The first-order valence-electron chi connectivity index (χ1n) is 26.7. The number of carbonyl (C=O) groups excluding carboxylic acids is 6. The SMILES string of the molecule is CC(C)(C)OC(=O)N1CCC(Nc2cccc(C(=O)NCc3cccc(OCCCCCCOCCOCCOCCC(=O)Nc4cccc5c4CN(C4CCC(=O)NC4=O)C5=O)c3)c2)(c2nc(-c3ccncc3)n[nH]2)CC1. The number of H-pyrrole nitrogens is 1. The Kier molecular flexibility index (Phi) is 19.6. The lowest BCUT2D eigenvalue weighted by Gasteiger charge is -2.41. The van der Waals surface area contributed by atoms with E-state index >= 15 is 0 Å². The number of imide groups is 1. The first kappa shape index (κ1) is 56.5. The molecule has 21 nitrogen and oxygen atoms in total. The largest absolute Gasteiger partial charge is 0.494 e. The van der Waals surface area contributed by atoms with Crippen molar-refractivity contribution in [2.75, 3.05) is 70.0 Å². The second-order valence-corrected chi connectivity index (χ2v) is 20.5. The van der Waals surface area contributed by atoms with Crippen LogP contribution in [0.5, 0.6) is 5.75 Å². The Morgan fingerprint density at radius 2 is 1.53 bits per heavy atom. The van der Waals surface area contributed by atoms with E-state index in [0.29, 0.717) is 106 Å². The molecule has 78 heavy (non-hydrogen) atoms. The number of anilines is 2. The lowest BCUT2D eigenvalue weighted by molar-refractivity contribution is -0.137. The van der Waals surface area contributed by atoms with E-state index in [2.05, 4.69) is 36.4 Å². The number of rotatable bonds is 26. The lowest BCUT2D eigenvalue weighted by atomic mass is 9.86.